The molecule has 1 fully saturated rings. The zero-order valence-electron chi connectivity index (χ0n) is 16.6. The van der Waals surface area contributed by atoms with Gasteiger partial charge in [-0.15, -0.1) is 0 Å². The lowest BCUT2D eigenvalue weighted by molar-refractivity contribution is -0.121. The monoisotopic (exact) mass is 454 g/mol. The van der Waals surface area contributed by atoms with Crippen molar-refractivity contribution < 1.29 is 22.5 Å². The van der Waals surface area contributed by atoms with Crippen LogP contribution in [0.2, 0.25) is 5.02 Å². The van der Waals surface area contributed by atoms with Gasteiger partial charge in [0.1, 0.15) is 10.6 Å². The molecule has 0 atom stereocenters. The van der Waals surface area contributed by atoms with Gasteiger partial charge in [-0.1, -0.05) is 36.5 Å². The number of anilines is 1. The summed E-state index contributed by atoms with van der Waals surface area (Å²) in [7, 11) is -3.76. The second-order valence-electron chi connectivity index (χ2n) is 7.30. The molecule has 1 aromatic carbocycles. The van der Waals surface area contributed by atoms with Gasteiger partial charge in [-0.25, -0.2) is 8.42 Å². The lowest BCUT2D eigenvalue weighted by Gasteiger charge is -2.29. The first kappa shape index (κ1) is 21.1. The number of carbonyl (C=O) groups excluding carboxylic acids is 1. The number of rotatable bonds is 5. The van der Waals surface area contributed by atoms with Crippen molar-refractivity contribution in [2.75, 3.05) is 24.6 Å². The summed E-state index contributed by atoms with van der Waals surface area (Å²) in [4.78, 5) is 18.1. The largest absolute Gasteiger partial charge is 0.482 e. The second-order valence-corrected chi connectivity index (χ2v) is 9.61. The number of aromatic nitrogens is 2. The molecule has 0 unspecified atom stereocenters. The van der Waals surface area contributed by atoms with Crippen LogP contribution in [0.3, 0.4) is 0 Å². The third-order valence-electron chi connectivity index (χ3n) is 5.25. The third kappa shape index (κ3) is 4.03. The highest BCUT2D eigenvalue weighted by Gasteiger charge is 2.33. The quantitative estimate of drug-likeness (QED) is 0.683. The number of halogens is 1. The highest BCUT2D eigenvalue weighted by molar-refractivity contribution is 7.89. The fourth-order valence-corrected chi connectivity index (χ4v) is 5.66. The molecular formula is C19H23ClN4O5S. The standard InChI is InChI=1S/C19H23ClN4O5S/c1-2-18-21-17(22-29-18)11-24-14-9-13(20)16(10-15(14)28-12-19(24)25)30(26,27)23-7-5-3-4-6-8-23/h9-10H,2-8,11-12H2,1H3. The lowest BCUT2D eigenvalue weighted by atomic mass is 10.2. The second kappa shape index (κ2) is 8.52. The molecule has 2 aliphatic heterocycles. The maximum atomic E-state index is 13.2. The molecule has 1 aromatic heterocycles. The van der Waals surface area contributed by atoms with Gasteiger partial charge >= 0.3 is 0 Å². The minimum atomic E-state index is -3.76. The van der Waals surface area contributed by atoms with E-state index in [0.29, 0.717) is 36.9 Å². The Hall–Kier alpha value is -2.17. The van der Waals surface area contributed by atoms with Gasteiger partial charge in [0.15, 0.2) is 12.4 Å². The molecule has 9 nitrogen and oxygen atoms in total. The van der Waals surface area contributed by atoms with Crippen molar-refractivity contribution in [3.63, 3.8) is 0 Å². The van der Waals surface area contributed by atoms with Crippen molar-refractivity contribution in [3.8, 4) is 5.75 Å². The molecule has 4 rings (SSSR count). The van der Waals surface area contributed by atoms with Crippen molar-refractivity contribution in [2.24, 2.45) is 0 Å². The van der Waals surface area contributed by atoms with E-state index in [4.69, 9.17) is 20.9 Å². The Morgan fingerprint density at radius 3 is 2.57 bits per heavy atom. The molecule has 0 radical (unpaired) electrons. The number of aryl methyl sites for hydroxylation is 1. The molecule has 1 saturated heterocycles. The number of fused-ring (bicyclic) bond motifs is 1. The van der Waals surface area contributed by atoms with Crippen molar-refractivity contribution in [1.82, 2.24) is 14.4 Å². The Balaban J connectivity index is 1.67. The maximum absolute atomic E-state index is 13.2. The Labute approximate surface area is 180 Å². The molecule has 0 spiro atoms. The predicted octanol–water partition coefficient (Wildman–Crippen LogP) is 2.78. The molecule has 0 saturated carbocycles. The average Bonchev–Trinajstić information content (AvgIpc) is 2.99. The van der Waals surface area contributed by atoms with Crippen molar-refractivity contribution in [2.45, 2.75) is 50.5 Å². The molecule has 11 heteroatoms. The van der Waals surface area contributed by atoms with Crippen LogP contribution in [0.5, 0.6) is 5.75 Å². The van der Waals surface area contributed by atoms with E-state index in [1.54, 1.807) is 0 Å². The molecule has 2 aromatic rings. The number of sulfonamides is 1. The summed E-state index contributed by atoms with van der Waals surface area (Å²) >= 11 is 6.40. The summed E-state index contributed by atoms with van der Waals surface area (Å²) in [6.45, 7) is 2.69. The Morgan fingerprint density at radius 2 is 1.90 bits per heavy atom. The van der Waals surface area contributed by atoms with E-state index in [2.05, 4.69) is 10.1 Å². The average molecular weight is 455 g/mol. The van der Waals surface area contributed by atoms with E-state index in [9.17, 15) is 13.2 Å². The lowest BCUT2D eigenvalue weighted by Crippen LogP contribution is -2.39. The molecule has 0 aliphatic carbocycles. The van der Waals surface area contributed by atoms with Crippen LogP contribution in [0.4, 0.5) is 5.69 Å². The maximum Gasteiger partial charge on any atom is 0.265 e. The minimum Gasteiger partial charge on any atom is -0.482 e. The van der Waals surface area contributed by atoms with Gasteiger partial charge in [-0.3, -0.25) is 9.69 Å². The molecule has 3 heterocycles. The zero-order chi connectivity index (χ0) is 21.3. The predicted molar refractivity (Wildman–Crippen MR) is 109 cm³/mol. The first-order valence-electron chi connectivity index (χ1n) is 9.98. The van der Waals surface area contributed by atoms with Crippen LogP contribution in [0.15, 0.2) is 21.6 Å². The number of hydrogen-bond donors (Lipinski definition) is 0. The molecular weight excluding hydrogens is 432 g/mol. The van der Waals surface area contributed by atoms with Gasteiger partial charge in [-0.05, 0) is 18.9 Å². The number of ether oxygens (including phenoxy) is 1. The van der Waals surface area contributed by atoms with E-state index >= 15 is 0 Å². The zero-order valence-corrected chi connectivity index (χ0v) is 18.2. The van der Waals surface area contributed by atoms with Crippen molar-refractivity contribution in [3.05, 3.63) is 28.9 Å². The first-order valence-corrected chi connectivity index (χ1v) is 11.8. The summed E-state index contributed by atoms with van der Waals surface area (Å²) in [6, 6.07) is 2.87. The van der Waals surface area contributed by atoms with Crippen LogP contribution < -0.4 is 9.64 Å². The molecule has 0 bridgehead atoms. The van der Waals surface area contributed by atoms with E-state index in [0.717, 1.165) is 25.7 Å². The summed E-state index contributed by atoms with van der Waals surface area (Å²) in [5, 5.41) is 3.93. The van der Waals surface area contributed by atoms with Gasteiger partial charge in [0.05, 0.1) is 17.3 Å². The van der Waals surface area contributed by atoms with Crippen molar-refractivity contribution >= 4 is 33.2 Å². The normalized spacial score (nSPS) is 18.1. The number of nitrogens with zero attached hydrogens (tertiary/aromatic N) is 4. The fourth-order valence-electron chi connectivity index (χ4n) is 3.63. The van der Waals surface area contributed by atoms with E-state index < -0.39 is 10.0 Å². The first-order chi connectivity index (χ1) is 14.4. The van der Waals surface area contributed by atoms with Crippen LogP contribution in [0, 0.1) is 0 Å². The van der Waals surface area contributed by atoms with E-state index in [1.165, 1.54) is 21.3 Å². The Bertz CT molecular complexity index is 1050. The van der Waals surface area contributed by atoms with Crippen LogP contribution >= 0.6 is 11.6 Å². The minimum absolute atomic E-state index is 0.00746. The summed E-state index contributed by atoms with van der Waals surface area (Å²) in [5.41, 5.74) is 0.383. The fraction of sp³-hybridized carbons (Fsp3) is 0.526. The van der Waals surface area contributed by atoms with E-state index in [1.807, 2.05) is 6.92 Å². The summed E-state index contributed by atoms with van der Waals surface area (Å²) in [6.07, 6.45) is 4.26. The molecule has 162 valence electrons. The number of benzene rings is 1. The Morgan fingerprint density at radius 1 is 1.17 bits per heavy atom. The van der Waals surface area contributed by atoms with Crippen molar-refractivity contribution in [1.29, 1.82) is 0 Å². The third-order valence-corrected chi connectivity index (χ3v) is 7.61. The van der Waals surface area contributed by atoms with Crippen LogP contribution in [0.25, 0.3) is 0 Å². The summed E-state index contributed by atoms with van der Waals surface area (Å²) < 4.78 is 38.5. The molecule has 1 amide bonds. The smallest absolute Gasteiger partial charge is 0.265 e. The van der Waals surface area contributed by atoms with Gasteiger partial charge < -0.3 is 9.26 Å². The van der Waals surface area contributed by atoms with Gasteiger partial charge in [-0.2, -0.15) is 9.29 Å². The molecule has 0 N–H and O–H groups in total. The number of hydrogen-bond acceptors (Lipinski definition) is 7. The Kier molecular flexibility index (Phi) is 5.99. The van der Waals surface area contributed by atoms with Gasteiger partial charge in [0, 0.05) is 25.6 Å². The highest BCUT2D eigenvalue weighted by atomic mass is 35.5. The highest BCUT2D eigenvalue weighted by Crippen LogP contribution is 2.40. The molecule has 2 aliphatic rings. The van der Waals surface area contributed by atoms with Crippen LogP contribution in [-0.4, -0.2) is 48.5 Å². The topological polar surface area (TPSA) is 106 Å². The number of amides is 1. The van der Waals surface area contributed by atoms with Crippen LogP contribution in [-0.2, 0) is 27.8 Å². The van der Waals surface area contributed by atoms with Crippen LogP contribution in [0.1, 0.15) is 44.3 Å². The van der Waals surface area contributed by atoms with Gasteiger partial charge in [0.2, 0.25) is 15.9 Å². The molecule has 30 heavy (non-hydrogen) atoms. The van der Waals surface area contributed by atoms with E-state index in [-0.39, 0.29) is 34.7 Å². The summed E-state index contributed by atoms with van der Waals surface area (Å²) in [5.74, 6) is 0.810. The SMILES string of the molecule is CCc1nc(CN2C(=O)COc3cc(S(=O)(=O)N4CCCCCC4)c(Cl)cc32)no1. The number of carbonyl (C=O) groups is 1. The van der Waals surface area contributed by atoms with Gasteiger partial charge in [0.25, 0.3) is 5.91 Å².